The third-order valence-electron chi connectivity index (χ3n) is 2.61. The Bertz CT molecular complexity index is 373. The molecule has 1 rings (SSSR count). The number of rotatable bonds is 9. The number of methoxy groups -OCH3 is 1. The minimum atomic E-state index is 0.0810. The molecule has 0 aliphatic rings. The number of ether oxygens (including phenoxy) is 1. The molecular weight excluding hydrogens is 328 g/mol. The summed E-state index contributed by atoms with van der Waals surface area (Å²) in [5.74, 6) is 8.43. The smallest absolute Gasteiger partial charge is 0.0730 e. The predicted octanol–water partition coefficient (Wildman–Crippen LogP) is 2.19. The third-order valence-corrected chi connectivity index (χ3v) is 4.69. The summed E-state index contributed by atoms with van der Waals surface area (Å²) < 4.78 is 8.02. The first kappa shape index (κ1) is 17.0. The first-order chi connectivity index (χ1) is 9.10. The van der Waals surface area contributed by atoms with Crippen LogP contribution in [-0.4, -0.2) is 35.0 Å². The highest BCUT2D eigenvalue weighted by Gasteiger charge is 2.19. The van der Waals surface area contributed by atoms with Crippen molar-refractivity contribution in [1.82, 2.24) is 15.2 Å². The van der Waals surface area contributed by atoms with E-state index >= 15 is 0 Å². The lowest BCUT2D eigenvalue weighted by Crippen LogP contribution is -2.32. The van der Waals surface area contributed by atoms with Crippen molar-refractivity contribution in [2.24, 2.45) is 11.8 Å². The van der Waals surface area contributed by atoms with Gasteiger partial charge in [0.25, 0.3) is 0 Å². The number of nitrogens with one attached hydrogen (secondary N) is 1. The molecule has 3 N–H and O–H groups in total. The number of halogens is 1. The van der Waals surface area contributed by atoms with E-state index in [1.807, 2.05) is 22.6 Å². The second kappa shape index (κ2) is 8.97. The molecule has 0 radical (unpaired) electrons. The Morgan fingerprint density at radius 2 is 2.26 bits per heavy atom. The Hall–Kier alpha value is -0.0800. The molecule has 0 amide bonds. The number of nitrogens with two attached hydrogens (primary N) is 1. The van der Waals surface area contributed by atoms with E-state index in [1.54, 1.807) is 7.11 Å². The number of hydrazine groups is 1. The lowest BCUT2D eigenvalue weighted by atomic mass is 10.2. The summed E-state index contributed by atoms with van der Waals surface area (Å²) in [6.07, 6.45) is 1.81. The SMILES string of the molecule is COCCn1ncc(Br)c1C(CSCC(C)C)NN. The Morgan fingerprint density at radius 3 is 2.84 bits per heavy atom. The van der Waals surface area contributed by atoms with Gasteiger partial charge in [0.1, 0.15) is 0 Å². The summed E-state index contributed by atoms with van der Waals surface area (Å²) in [4.78, 5) is 0. The molecule has 0 aliphatic heterocycles. The summed E-state index contributed by atoms with van der Waals surface area (Å²) in [6.45, 7) is 5.80. The topological polar surface area (TPSA) is 65.1 Å². The quantitative estimate of drug-likeness (QED) is 0.527. The van der Waals surface area contributed by atoms with Crippen LogP contribution in [0.15, 0.2) is 10.7 Å². The molecule has 5 nitrogen and oxygen atoms in total. The molecule has 1 atom stereocenters. The van der Waals surface area contributed by atoms with Crippen LogP contribution in [0.2, 0.25) is 0 Å². The van der Waals surface area contributed by atoms with E-state index in [-0.39, 0.29) is 6.04 Å². The number of thioether (sulfide) groups is 1. The molecule has 1 heterocycles. The van der Waals surface area contributed by atoms with Gasteiger partial charge in [-0.2, -0.15) is 16.9 Å². The number of hydrogen-bond acceptors (Lipinski definition) is 5. The molecule has 1 aromatic heterocycles. The molecule has 0 saturated carbocycles. The lowest BCUT2D eigenvalue weighted by molar-refractivity contribution is 0.181. The van der Waals surface area contributed by atoms with Gasteiger partial charge >= 0.3 is 0 Å². The fraction of sp³-hybridized carbons (Fsp3) is 0.750. The van der Waals surface area contributed by atoms with Gasteiger partial charge < -0.3 is 4.74 Å². The Morgan fingerprint density at radius 1 is 1.53 bits per heavy atom. The van der Waals surface area contributed by atoms with Gasteiger partial charge in [-0.1, -0.05) is 13.8 Å². The van der Waals surface area contributed by atoms with Gasteiger partial charge in [0.2, 0.25) is 0 Å². The first-order valence-electron chi connectivity index (χ1n) is 6.34. The van der Waals surface area contributed by atoms with Crippen LogP contribution in [0.25, 0.3) is 0 Å². The van der Waals surface area contributed by atoms with Crippen molar-refractivity contribution in [3.05, 3.63) is 16.4 Å². The van der Waals surface area contributed by atoms with E-state index in [4.69, 9.17) is 10.6 Å². The average Bonchev–Trinajstić information content (AvgIpc) is 2.73. The Kier molecular flexibility index (Phi) is 8.01. The third kappa shape index (κ3) is 5.43. The van der Waals surface area contributed by atoms with Gasteiger partial charge in [0.05, 0.1) is 35.6 Å². The lowest BCUT2D eigenvalue weighted by Gasteiger charge is -2.18. The van der Waals surface area contributed by atoms with E-state index in [0.29, 0.717) is 12.5 Å². The molecule has 0 fully saturated rings. The molecule has 110 valence electrons. The van der Waals surface area contributed by atoms with Crippen LogP contribution in [0.5, 0.6) is 0 Å². The Labute approximate surface area is 127 Å². The highest BCUT2D eigenvalue weighted by molar-refractivity contribution is 9.10. The normalized spacial score (nSPS) is 13.2. The Balaban J connectivity index is 2.70. The fourth-order valence-electron chi connectivity index (χ4n) is 1.70. The van der Waals surface area contributed by atoms with E-state index in [2.05, 4.69) is 40.3 Å². The highest BCUT2D eigenvalue weighted by atomic mass is 79.9. The molecule has 0 saturated heterocycles. The summed E-state index contributed by atoms with van der Waals surface area (Å²) in [5, 5.41) is 4.35. The van der Waals surface area contributed by atoms with Crippen LogP contribution < -0.4 is 11.3 Å². The van der Waals surface area contributed by atoms with Gasteiger partial charge in [0.15, 0.2) is 0 Å². The molecule has 0 aromatic carbocycles. The summed E-state index contributed by atoms with van der Waals surface area (Å²) in [5.41, 5.74) is 3.96. The molecule has 1 aromatic rings. The zero-order valence-electron chi connectivity index (χ0n) is 11.7. The zero-order valence-corrected chi connectivity index (χ0v) is 14.1. The van der Waals surface area contributed by atoms with Crippen molar-refractivity contribution in [3.63, 3.8) is 0 Å². The summed E-state index contributed by atoms with van der Waals surface area (Å²) >= 11 is 5.44. The second-order valence-corrected chi connectivity index (χ2v) is 6.67. The zero-order chi connectivity index (χ0) is 14.3. The molecule has 0 bridgehead atoms. The van der Waals surface area contributed by atoms with Crippen molar-refractivity contribution >= 4 is 27.7 Å². The van der Waals surface area contributed by atoms with Crippen LogP contribution in [0.1, 0.15) is 25.6 Å². The molecule has 0 aliphatic carbocycles. The number of nitrogens with zero attached hydrogens (tertiary/aromatic N) is 2. The largest absolute Gasteiger partial charge is 0.383 e. The van der Waals surface area contributed by atoms with Gasteiger partial charge in [0, 0.05) is 12.9 Å². The maximum atomic E-state index is 5.69. The first-order valence-corrected chi connectivity index (χ1v) is 8.28. The van der Waals surface area contributed by atoms with E-state index in [9.17, 15) is 0 Å². The minimum Gasteiger partial charge on any atom is -0.383 e. The second-order valence-electron chi connectivity index (χ2n) is 4.74. The maximum Gasteiger partial charge on any atom is 0.0730 e. The average molecular weight is 351 g/mol. The molecule has 1 unspecified atom stereocenters. The van der Waals surface area contributed by atoms with Crippen molar-refractivity contribution in [1.29, 1.82) is 0 Å². The van der Waals surface area contributed by atoms with E-state index < -0.39 is 0 Å². The fourth-order valence-corrected chi connectivity index (χ4v) is 3.37. The molecular formula is C12H23BrN4OS. The summed E-state index contributed by atoms with van der Waals surface area (Å²) in [6, 6.07) is 0.0810. The highest BCUT2D eigenvalue weighted by Crippen LogP contribution is 2.26. The maximum absolute atomic E-state index is 5.69. The van der Waals surface area contributed by atoms with Gasteiger partial charge in [-0.15, -0.1) is 0 Å². The van der Waals surface area contributed by atoms with Crippen LogP contribution in [0.3, 0.4) is 0 Å². The number of hydrogen-bond donors (Lipinski definition) is 2. The van der Waals surface area contributed by atoms with Gasteiger partial charge in [-0.3, -0.25) is 16.0 Å². The monoisotopic (exact) mass is 350 g/mol. The molecule has 0 spiro atoms. The van der Waals surface area contributed by atoms with Gasteiger partial charge in [-0.25, -0.2) is 0 Å². The van der Waals surface area contributed by atoms with Crippen molar-refractivity contribution in [3.8, 4) is 0 Å². The predicted molar refractivity (Wildman–Crippen MR) is 84.0 cm³/mol. The van der Waals surface area contributed by atoms with Crippen molar-refractivity contribution < 1.29 is 4.74 Å². The van der Waals surface area contributed by atoms with Gasteiger partial charge in [-0.05, 0) is 27.6 Å². The van der Waals surface area contributed by atoms with Crippen LogP contribution in [0.4, 0.5) is 0 Å². The van der Waals surface area contributed by atoms with E-state index in [0.717, 1.165) is 28.2 Å². The van der Waals surface area contributed by atoms with Crippen molar-refractivity contribution in [2.75, 3.05) is 25.2 Å². The molecule has 19 heavy (non-hydrogen) atoms. The van der Waals surface area contributed by atoms with Crippen molar-refractivity contribution in [2.45, 2.75) is 26.4 Å². The number of aromatic nitrogens is 2. The minimum absolute atomic E-state index is 0.0810. The summed E-state index contributed by atoms with van der Waals surface area (Å²) in [7, 11) is 1.69. The van der Waals surface area contributed by atoms with Crippen LogP contribution >= 0.6 is 27.7 Å². The van der Waals surface area contributed by atoms with Crippen LogP contribution in [0, 0.1) is 5.92 Å². The van der Waals surface area contributed by atoms with Crippen LogP contribution in [-0.2, 0) is 11.3 Å². The molecule has 7 heteroatoms. The standard InChI is InChI=1S/C12H23BrN4OS/c1-9(2)7-19-8-11(16-14)12-10(13)6-15-17(12)4-5-18-3/h6,9,11,16H,4-5,7-8,14H2,1-3H3. The van der Waals surface area contributed by atoms with E-state index in [1.165, 1.54) is 0 Å².